The third-order valence-electron chi connectivity index (χ3n) is 17.6. The van der Waals surface area contributed by atoms with Crippen LogP contribution in [-0.2, 0) is 11.8 Å². The predicted octanol–water partition coefficient (Wildman–Crippen LogP) is 14.7. The molecule has 1 heterocycles. The lowest BCUT2D eigenvalue weighted by atomic mass is 9.48. The highest BCUT2D eigenvalue weighted by molar-refractivity contribution is 6.10. The lowest BCUT2D eigenvalue weighted by Gasteiger charge is -2.57. The number of rotatable bonds is 5. The standard InChI is InChI=1S/C57H53N/c1-2-9-44-39(8-1)28-50-45(44)13-7-14-48(50)46-10-3-4-11-47(46)49-12-5-6-15-53(49)58-54-18-16-40(56-41-24-34-20-35(26-41)27-42(56)25-34)29-51(54)52-30-43(17-19-55(52)58)57-31-36-21-37(32-57)23-38(22-36)33-57/h1-19,29-30,34-38,41-42,56H,20-28,31-33H2. The largest absolute Gasteiger partial charge is 0.309 e. The van der Waals surface area contributed by atoms with Crippen molar-refractivity contribution < 1.29 is 0 Å². The van der Waals surface area contributed by atoms with Crippen LogP contribution in [0.5, 0.6) is 0 Å². The van der Waals surface area contributed by atoms with Crippen LogP contribution < -0.4 is 0 Å². The number of hydrogen-bond donors (Lipinski definition) is 0. The van der Waals surface area contributed by atoms with Crippen molar-refractivity contribution in [1.29, 1.82) is 0 Å². The SMILES string of the molecule is c1ccc2c(c1)Cc1c-2cccc1-c1ccccc1-c1ccccc1-n1c2ccc(C3C4CC5CC(C4)CC3C5)cc2c2cc(C34CC5CC(CC(C5)C3)C4)ccc21. The van der Waals surface area contributed by atoms with E-state index in [4.69, 9.17) is 0 Å². The van der Waals surface area contributed by atoms with Crippen LogP contribution in [0.1, 0.15) is 98.8 Å². The molecule has 1 nitrogen and oxygen atoms in total. The number of nitrogens with zero attached hydrogens (tertiary/aromatic N) is 1. The Labute approximate surface area is 343 Å². The van der Waals surface area contributed by atoms with Gasteiger partial charge in [-0.2, -0.15) is 0 Å². The van der Waals surface area contributed by atoms with Crippen LogP contribution in [0.2, 0.25) is 0 Å². The maximum atomic E-state index is 2.73. The summed E-state index contributed by atoms with van der Waals surface area (Å²) in [6.07, 6.45) is 17.1. The van der Waals surface area contributed by atoms with Crippen molar-refractivity contribution in [3.05, 3.63) is 150 Å². The van der Waals surface area contributed by atoms with E-state index in [0.29, 0.717) is 5.41 Å². The van der Waals surface area contributed by atoms with E-state index in [-0.39, 0.29) is 0 Å². The zero-order chi connectivity index (χ0) is 37.7. The summed E-state index contributed by atoms with van der Waals surface area (Å²) >= 11 is 0. The van der Waals surface area contributed by atoms with E-state index >= 15 is 0 Å². The third-order valence-corrected chi connectivity index (χ3v) is 17.6. The molecule has 8 fully saturated rings. The number of fused-ring (bicyclic) bond motifs is 6. The Kier molecular flexibility index (Phi) is 6.88. The van der Waals surface area contributed by atoms with Gasteiger partial charge in [-0.15, -0.1) is 0 Å². The van der Waals surface area contributed by atoms with Crippen LogP contribution in [0.15, 0.2) is 127 Å². The van der Waals surface area contributed by atoms with Crippen molar-refractivity contribution >= 4 is 21.8 Å². The van der Waals surface area contributed by atoms with Gasteiger partial charge < -0.3 is 4.57 Å². The van der Waals surface area contributed by atoms with Crippen LogP contribution in [-0.4, -0.2) is 4.57 Å². The summed E-state index contributed by atoms with van der Waals surface area (Å²) in [6.45, 7) is 0. The van der Waals surface area contributed by atoms with Crippen molar-refractivity contribution in [2.45, 2.75) is 88.4 Å². The predicted molar refractivity (Wildman–Crippen MR) is 240 cm³/mol. The summed E-state index contributed by atoms with van der Waals surface area (Å²) in [5.74, 6) is 7.33. The molecule has 9 aliphatic rings. The second-order valence-corrected chi connectivity index (χ2v) is 20.7. The molecule has 0 saturated heterocycles. The molecule has 1 heteroatoms. The second-order valence-electron chi connectivity index (χ2n) is 20.7. The molecule has 0 aliphatic heterocycles. The van der Waals surface area contributed by atoms with Gasteiger partial charge in [0.05, 0.1) is 16.7 Å². The van der Waals surface area contributed by atoms with Crippen molar-refractivity contribution in [3.8, 4) is 39.1 Å². The van der Waals surface area contributed by atoms with E-state index in [1.807, 2.05) is 0 Å². The van der Waals surface area contributed by atoms with E-state index in [0.717, 1.165) is 53.8 Å². The van der Waals surface area contributed by atoms with Gasteiger partial charge in [0, 0.05) is 16.3 Å². The van der Waals surface area contributed by atoms with Gasteiger partial charge >= 0.3 is 0 Å². The number of para-hydroxylation sites is 1. The first-order valence-electron chi connectivity index (χ1n) is 23.1. The van der Waals surface area contributed by atoms with Crippen LogP contribution >= 0.6 is 0 Å². The third kappa shape index (κ3) is 4.71. The van der Waals surface area contributed by atoms with Crippen molar-refractivity contribution in [2.75, 3.05) is 0 Å². The zero-order valence-electron chi connectivity index (χ0n) is 33.7. The van der Waals surface area contributed by atoms with E-state index in [9.17, 15) is 0 Å². The minimum Gasteiger partial charge on any atom is -0.309 e. The number of benzene rings is 6. The van der Waals surface area contributed by atoms with E-state index < -0.39 is 0 Å². The molecule has 286 valence electrons. The van der Waals surface area contributed by atoms with Gasteiger partial charge in [0.15, 0.2) is 0 Å². The molecule has 8 saturated carbocycles. The molecule has 0 atom stereocenters. The summed E-state index contributed by atoms with van der Waals surface area (Å²) in [7, 11) is 0. The molecular weight excluding hydrogens is 699 g/mol. The van der Waals surface area contributed by atoms with Crippen molar-refractivity contribution in [2.24, 2.45) is 41.4 Å². The fourth-order valence-electron chi connectivity index (χ4n) is 16.0. The normalized spacial score (nSPS) is 31.0. The zero-order valence-corrected chi connectivity index (χ0v) is 33.7. The minimum absolute atomic E-state index is 0.378. The first-order chi connectivity index (χ1) is 28.6. The minimum atomic E-state index is 0.378. The highest BCUT2D eigenvalue weighted by Gasteiger charge is 2.52. The molecule has 6 aromatic carbocycles. The molecule has 58 heavy (non-hydrogen) atoms. The molecule has 0 spiro atoms. The molecule has 9 aliphatic carbocycles. The highest BCUT2D eigenvalue weighted by Crippen LogP contribution is 2.62. The van der Waals surface area contributed by atoms with E-state index in [1.165, 1.54) is 143 Å². The molecule has 0 N–H and O–H groups in total. The average molecular weight is 752 g/mol. The number of aromatic nitrogens is 1. The molecule has 7 aromatic rings. The molecule has 16 rings (SSSR count). The Bertz CT molecular complexity index is 2770. The van der Waals surface area contributed by atoms with Crippen LogP contribution in [0, 0.1) is 41.4 Å². The van der Waals surface area contributed by atoms with Crippen LogP contribution in [0.4, 0.5) is 0 Å². The fraction of sp³-hybridized carbons (Fsp3) is 0.368. The lowest BCUT2D eigenvalue weighted by Crippen LogP contribution is -2.48. The van der Waals surface area contributed by atoms with Gasteiger partial charge in [-0.05, 0) is 210 Å². The van der Waals surface area contributed by atoms with E-state index in [2.05, 4.69) is 132 Å². The fourth-order valence-corrected chi connectivity index (χ4v) is 16.0. The van der Waals surface area contributed by atoms with Gasteiger partial charge in [0.1, 0.15) is 0 Å². The Hall–Kier alpha value is -4.88. The topological polar surface area (TPSA) is 4.93 Å². The Balaban J connectivity index is 0.962. The average Bonchev–Trinajstić information content (AvgIpc) is 3.78. The first kappa shape index (κ1) is 33.0. The van der Waals surface area contributed by atoms with Crippen LogP contribution in [0.3, 0.4) is 0 Å². The van der Waals surface area contributed by atoms with Crippen LogP contribution in [0.25, 0.3) is 60.9 Å². The summed E-state index contributed by atoms with van der Waals surface area (Å²) in [5, 5.41) is 2.96. The van der Waals surface area contributed by atoms with Crippen molar-refractivity contribution in [1.82, 2.24) is 4.57 Å². The van der Waals surface area contributed by atoms with Gasteiger partial charge in [0.2, 0.25) is 0 Å². The van der Waals surface area contributed by atoms with Gasteiger partial charge in [-0.1, -0.05) is 97.1 Å². The maximum absolute atomic E-state index is 2.73. The quantitative estimate of drug-likeness (QED) is 0.165. The summed E-state index contributed by atoms with van der Waals surface area (Å²) in [6, 6.07) is 50.2. The molecule has 1 aromatic heterocycles. The molecule has 8 bridgehead atoms. The lowest BCUT2D eigenvalue weighted by molar-refractivity contribution is -0.00512. The number of hydrogen-bond acceptors (Lipinski definition) is 0. The second kappa shape index (κ2) is 12.1. The summed E-state index contributed by atoms with van der Waals surface area (Å²) in [4.78, 5) is 0. The molecule has 0 unspecified atom stereocenters. The Morgan fingerprint density at radius 2 is 0.966 bits per heavy atom. The maximum Gasteiger partial charge on any atom is 0.0541 e. The summed E-state index contributed by atoms with van der Waals surface area (Å²) < 4.78 is 2.66. The smallest absolute Gasteiger partial charge is 0.0541 e. The van der Waals surface area contributed by atoms with Gasteiger partial charge in [0.25, 0.3) is 0 Å². The Morgan fingerprint density at radius 3 is 1.67 bits per heavy atom. The molecule has 0 radical (unpaired) electrons. The monoisotopic (exact) mass is 751 g/mol. The molecule has 0 amide bonds. The van der Waals surface area contributed by atoms with Gasteiger partial charge in [-0.25, -0.2) is 0 Å². The first-order valence-corrected chi connectivity index (χ1v) is 23.1. The highest BCUT2D eigenvalue weighted by atomic mass is 15.0. The summed E-state index contributed by atoms with van der Waals surface area (Å²) in [5.41, 5.74) is 18.7. The Morgan fingerprint density at radius 1 is 0.431 bits per heavy atom. The van der Waals surface area contributed by atoms with Gasteiger partial charge in [-0.3, -0.25) is 0 Å². The molecular formula is C57H53N. The van der Waals surface area contributed by atoms with Crippen molar-refractivity contribution in [3.63, 3.8) is 0 Å². The van der Waals surface area contributed by atoms with E-state index in [1.54, 1.807) is 11.1 Å².